The van der Waals surface area contributed by atoms with Gasteiger partial charge in [0.15, 0.2) is 5.65 Å². The third-order valence-electron chi connectivity index (χ3n) is 4.76. The largest absolute Gasteiger partial charge is 0.334 e. The van der Waals surface area contributed by atoms with Crippen LogP contribution in [-0.2, 0) is 6.54 Å². The number of rotatable bonds is 4. The number of carbonyl (C=O) groups excluding carboxylic acids is 1. The Labute approximate surface area is 146 Å². The summed E-state index contributed by atoms with van der Waals surface area (Å²) >= 11 is 0. The maximum atomic E-state index is 13.0. The lowest BCUT2D eigenvalue weighted by Crippen LogP contribution is -2.38. The van der Waals surface area contributed by atoms with Crippen molar-refractivity contribution in [2.45, 2.75) is 45.3 Å². The number of aromatic nitrogens is 5. The Morgan fingerprint density at radius 1 is 1.32 bits per heavy atom. The highest BCUT2D eigenvalue weighted by Gasteiger charge is 2.30. The molecule has 3 aromatic heterocycles. The average molecular weight is 338 g/mol. The average Bonchev–Trinajstić information content (AvgIpc) is 3.34. The van der Waals surface area contributed by atoms with Gasteiger partial charge in [0.05, 0.1) is 24.3 Å². The first-order valence-electron chi connectivity index (χ1n) is 8.75. The summed E-state index contributed by atoms with van der Waals surface area (Å²) < 4.78 is 3.77. The molecule has 1 aliphatic heterocycles. The fraction of sp³-hybridized carbons (Fsp3) is 0.444. The van der Waals surface area contributed by atoms with E-state index in [1.54, 1.807) is 18.6 Å². The van der Waals surface area contributed by atoms with Crippen LogP contribution in [0, 0.1) is 0 Å². The first-order chi connectivity index (χ1) is 12.1. The van der Waals surface area contributed by atoms with Crippen LogP contribution in [0.1, 0.15) is 43.1 Å². The molecule has 25 heavy (non-hydrogen) atoms. The Morgan fingerprint density at radius 3 is 2.96 bits per heavy atom. The normalized spacial score (nSPS) is 17.7. The van der Waals surface area contributed by atoms with Crippen LogP contribution in [0.15, 0.2) is 36.9 Å². The third-order valence-corrected chi connectivity index (χ3v) is 4.76. The van der Waals surface area contributed by atoms with Gasteiger partial charge in [0.25, 0.3) is 5.91 Å². The van der Waals surface area contributed by atoms with E-state index in [0.717, 1.165) is 37.0 Å². The van der Waals surface area contributed by atoms with Gasteiger partial charge in [-0.1, -0.05) is 0 Å². The number of hydrogen-bond donors (Lipinski definition) is 0. The Bertz CT molecular complexity index is 882. The van der Waals surface area contributed by atoms with Gasteiger partial charge in [-0.15, -0.1) is 0 Å². The minimum absolute atomic E-state index is 0.0429. The predicted molar refractivity (Wildman–Crippen MR) is 94.2 cm³/mol. The van der Waals surface area contributed by atoms with E-state index in [0.29, 0.717) is 5.56 Å². The van der Waals surface area contributed by atoms with Crippen molar-refractivity contribution in [1.29, 1.82) is 0 Å². The Hall–Kier alpha value is -2.70. The SMILES string of the molecule is CC(C)n1ncc2cc(C(=O)N3CCCC3Cn3cccn3)cnc21. The van der Waals surface area contributed by atoms with E-state index in [4.69, 9.17) is 0 Å². The van der Waals surface area contributed by atoms with Gasteiger partial charge in [0, 0.05) is 36.6 Å². The van der Waals surface area contributed by atoms with Crippen LogP contribution in [0.25, 0.3) is 11.0 Å². The quantitative estimate of drug-likeness (QED) is 0.733. The van der Waals surface area contributed by atoms with E-state index in [1.165, 1.54) is 0 Å². The van der Waals surface area contributed by atoms with Crippen molar-refractivity contribution in [2.75, 3.05) is 6.54 Å². The number of likely N-dealkylation sites (tertiary alicyclic amines) is 1. The zero-order valence-corrected chi connectivity index (χ0v) is 14.5. The lowest BCUT2D eigenvalue weighted by Gasteiger charge is -2.24. The highest BCUT2D eigenvalue weighted by Crippen LogP contribution is 2.23. The molecule has 7 nitrogen and oxygen atoms in total. The summed E-state index contributed by atoms with van der Waals surface area (Å²) in [4.78, 5) is 19.4. The monoisotopic (exact) mass is 338 g/mol. The highest BCUT2D eigenvalue weighted by molar-refractivity contribution is 5.97. The van der Waals surface area contributed by atoms with Crippen molar-refractivity contribution >= 4 is 16.9 Å². The molecular weight excluding hydrogens is 316 g/mol. The Kier molecular flexibility index (Phi) is 3.99. The smallest absolute Gasteiger partial charge is 0.255 e. The molecule has 1 saturated heterocycles. The summed E-state index contributed by atoms with van der Waals surface area (Å²) in [5, 5.41) is 9.54. The standard InChI is InChI=1S/C18H22N6O/c1-13(2)24-17-14(11-21-24)9-15(10-19-17)18(25)23-8-3-5-16(23)12-22-7-4-6-20-22/h4,6-7,9-11,13,16H,3,5,8,12H2,1-2H3. The number of carbonyl (C=O) groups is 1. The van der Waals surface area contributed by atoms with E-state index in [-0.39, 0.29) is 18.0 Å². The predicted octanol–water partition coefficient (Wildman–Crippen LogP) is 2.51. The molecule has 4 rings (SSSR count). The molecule has 4 heterocycles. The summed E-state index contributed by atoms with van der Waals surface area (Å²) in [6, 6.07) is 4.23. The summed E-state index contributed by atoms with van der Waals surface area (Å²) in [7, 11) is 0. The lowest BCUT2D eigenvalue weighted by molar-refractivity contribution is 0.0721. The summed E-state index contributed by atoms with van der Waals surface area (Å²) in [6.45, 7) is 5.66. The van der Waals surface area contributed by atoms with Gasteiger partial charge < -0.3 is 4.90 Å². The van der Waals surface area contributed by atoms with E-state index < -0.39 is 0 Å². The highest BCUT2D eigenvalue weighted by atomic mass is 16.2. The van der Waals surface area contributed by atoms with Gasteiger partial charge in [-0.25, -0.2) is 9.67 Å². The zero-order valence-electron chi connectivity index (χ0n) is 14.5. The molecule has 0 radical (unpaired) electrons. The molecule has 0 aliphatic carbocycles. The maximum absolute atomic E-state index is 13.0. The third kappa shape index (κ3) is 2.90. The van der Waals surface area contributed by atoms with Crippen molar-refractivity contribution in [1.82, 2.24) is 29.4 Å². The summed E-state index contributed by atoms with van der Waals surface area (Å²) in [6.07, 6.45) is 9.20. The van der Waals surface area contributed by atoms with Gasteiger partial charge in [-0.3, -0.25) is 9.48 Å². The second-order valence-corrected chi connectivity index (χ2v) is 6.84. The van der Waals surface area contributed by atoms with Crippen molar-refractivity contribution < 1.29 is 4.79 Å². The molecule has 1 amide bonds. The Morgan fingerprint density at radius 2 is 2.20 bits per heavy atom. The van der Waals surface area contributed by atoms with Crippen LogP contribution in [-0.4, -0.2) is 47.9 Å². The first kappa shape index (κ1) is 15.8. The minimum atomic E-state index is 0.0429. The van der Waals surface area contributed by atoms with Crippen LogP contribution >= 0.6 is 0 Å². The fourth-order valence-electron chi connectivity index (χ4n) is 3.52. The first-order valence-corrected chi connectivity index (χ1v) is 8.75. The van der Waals surface area contributed by atoms with Gasteiger partial charge in [-0.05, 0) is 38.8 Å². The van der Waals surface area contributed by atoms with Crippen LogP contribution in [0.5, 0.6) is 0 Å². The van der Waals surface area contributed by atoms with Crippen molar-refractivity contribution in [2.24, 2.45) is 0 Å². The molecule has 0 aromatic carbocycles. The minimum Gasteiger partial charge on any atom is -0.334 e. The number of pyridine rings is 1. The number of nitrogens with zero attached hydrogens (tertiary/aromatic N) is 6. The fourth-order valence-corrected chi connectivity index (χ4v) is 3.52. The van der Waals surface area contributed by atoms with Gasteiger partial charge in [0.1, 0.15) is 0 Å². The van der Waals surface area contributed by atoms with Gasteiger partial charge in [0.2, 0.25) is 0 Å². The van der Waals surface area contributed by atoms with Crippen LogP contribution < -0.4 is 0 Å². The molecule has 130 valence electrons. The topological polar surface area (TPSA) is 68.8 Å². The number of amides is 1. The molecule has 1 aliphatic rings. The Balaban J connectivity index is 1.58. The molecule has 0 bridgehead atoms. The van der Waals surface area contributed by atoms with Crippen LogP contribution in [0.4, 0.5) is 0 Å². The molecule has 1 atom stereocenters. The molecular formula is C18H22N6O. The second-order valence-electron chi connectivity index (χ2n) is 6.84. The molecule has 0 spiro atoms. The molecule has 0 saturated carbocycles. The number of hydrogen-bond acceptors (Lipinski definition) is 4. The maximum Gasteiger partial charge on any atom is 0.255 e. The van der Waals surface area contributed by atoms with Gasteiger partial charge >= 0.3 is 0 Å². The van der Waals surface area contributed by atoms with Crippen molar-refractivity contribution in [3.05, 3.63) is 42.5 Å². The molecule has 1 fully saturated rings. The van der Waals surface area contributed by atoms with E-state index >= 15 is 0 Å². The zero-order chi connectivity index (χ0) is 17.4. The van der Waals surface area contributed by atoms with E-state index in [9.17, 15) is 4.79 Å². The van der Waals surface area contributed by atoms with E-state index in [1.807, 2.05) is 32.6 Å². The molecule has 1 unspecified atom stereocenters. The van der Waals surface area contributed by atoms with E-state index in [2.05, 4.69) is 29.0 Å². The second kappa shape index (κ2) is 6.31. The van der Waals surface area contributed by atoms with Crippen molar-refractivity contribution in [3.63, 3.8) is 0 Å². The lowest BCUT2D eigenvalue weighted by atomic mass is 10.2. The molecule has 0 N–H and O–H groups in total. The van der Waals surface area contributed by atoms with Crippen LogP contribution in [0.2, 0.25) is 0 Å². The number of fused-ring (bicyclic) bond motifs is 1. The van der Waals surface area contributed by atoms with Gasteiger partial charge in [-0.2, -0.15) is 10.2 Å². The molecule has 7 heteroatoms. The molecule has 3 aromatic rings. The summed E-state index contributed by atoms with van der Waals surface area (Å²) in [5.74, 6) is 0.0429. The summed E-state index contributed by atoms with van der Waals surface area (Å²) in [5.41, 5.74) is 1.45. The van der Waals surface area contributed by atoms with Crippen molar-refractivity contribution in [3.8, 4) is 0 Å². The van der Waals surface area contributed by atoms with Crippen LogP contribution in [0.3, 0.4) is 0 Å².